The molecule has 0 N–H and O–H groups in total. The van der Waals surface area contributed by atoms with Crippen LogP contribution in [-0.2, 0) is 19.5 Å². The number of fused-ring (bicyclic) bond motifs is 1. The van der Waals surface area contributed by atoms with Gasteiger partial charge in [0.2, 0.25) is 0 Å². The van der Waals surface area contributed by atoms with Gasteiger partial charge in [0, 0.05) is 66.2 Å². The molecule has 0 saturated heterocycles. The monoisotopic (exact) mass is 418 g/mol. The first-order chi connectivity index (χ1) is 14.8. The standard InChI is InChI=1S/C25H27ClN4/c26-22-9-5-4-8-21(22)24-11-10-18(14-27-24)16-30-13-12-23-20(17-30)15-28-25(29-23)19-6-2-1-3-7-19/h4-5,8-11,14-15,19H,1-3,6-7,12-13,16-17H2. The Morgan fingerprint density at radius 3 is 2.63 bits per heavy atom. The predicted octanol–water partition coefficient (Wildman–Crippen LogP) is 5.80. The fourth-order valence-electron chi connectivity index (χ4n) is 4.69. The Hall–Kier alpha value is -2.30. The summed E-state index contributed by atoms with van der Waals surface area (Å²) in [4.78, 5) is 16.8. The van der Waals surface area contributed by atoms with Gasteiger partial charge in [-0.05, 0) is 30.5 Å². The highest BCUT2D eigenvalue weighted by Crippen LogP contribution is 2.31. The molecule has 2 aliphatic rings. The molecule has 0 unspecified atom stereocenters. The lowest BCUT2D eigenvalue weighted by Crippen LogP contribution is -2.31. The molecule has 3 heterocycles. The van der Waals surface area contributed by atoms with E-state index >= 15 is 0 Å². The van der Waals surface area contributed by atoms with Crippen LogP contribution in [-0.4, -0.2) is 26.4 Å². The minimum absolute atomic E-state index is 0.574. The van der Waals surface area contributed by atoms with Crippen LogP contribution in [0.1, 0.15) is 60.7 Å². The molecule has 1 aliphatic heterocycles. The third-order valence-electron chi connectivity index (χ3n) is 6.38. The van der Waals surface area contributed by atoms with Crippen molar-refractivity contribution < 1.29 is 0 Å². The Morgan fingerprint density at radius 2 is 1.83 bits per heavy atom. The van der Waals surface area contributed by atoms with Crippen LogP contribution in [0.3, 0.4) is 0 Å². The molecule has 2 aromatic heterocycles. The molecule has 5 rings (SSSR count). The van der Waals surface area contributed by atoms with Crippen LogP contribution in [0.15, 0.2) is 48.8 Å². The van der Waals surface area contributed by atoms with Gasteiger partial charge in [-0.2, -0.15) is 0 Å². The van der Waals surface area contributed by atoms with E-state index in [1.807, 2.05) is 30.5 Å². The van der Waals surface area contributed by atoms with E-state index in [2.05, 4.69) is 28.2 Å². The summed E-state index contributed by atoms with van der Waals surface area (Å²) in [5.41, 5.74) is 5.64. The smallest absolute Gasteiger partial charge is 0.131 e. The Morgan fingerprint density at radius 1 is 0.967 bits per heavy atom. The zero-order valence-corrected chi connectivity index (χ0v) is 18.0. The van der Waals surface area contributed by atoms with Crippen molar-refractivity contribution in [3.05, 3.63) is 76.5 Å². The summed E-state index contributed by atoms with van der Waals surface area (Å²) in [5, 5.41) is 0.734. The first-order valence-electron chi connectivity index (χ1n) is 11.0. The van der Waals surface area contributed by atoms with E-state index in [0.29, 0.717) is 5.92 Å². The quantitative estimate of drug-likeness (QED) is 0.537. The summed E-state index contributed by atoms with van der Waals surface area (Å²) >= 11 is 6.30. The van der Waals surface area contributed by atoms with Crippen molar-refractivity contribution >= 4 is 11.6 Å². The van der Waals surface area contributed by atoms with Crippen molar-refractivity contribution in [1.29, 1.82) is 0 Å². The number of hydrogen-bond donors (Lipinski definition) is 0. The zero-order valence-electron chi connectivity index (χ0n) is 17.2. The molecule has 154 valence electrons. The van der Waals surface area contributed by atoms with Gasteiger partial charge in [-0.15, -0.1) is 0 Å². The maximum absolute atomic E-state index is 6.30. The van der Waals surface area contributed by atoms with Gasteiger partial charge in [0.25, 0.3) is 0 Å². The molecule has 3 aromatic rings. The highest BCUT2D eigenvalue weighted by atomic mass is 35.5. The van der Waals surface area contributed by atoms with Crippen LogP contribution in [0.2, 0.25) is 5.02 Å². The van der Waals surface area contributed by atoms with Crippen LogP contribution in [0.4, 0.5) is 0 Å². The average molecular weight is 419 g/mol. The maximum atomic E-state index is 6.30. The highest BCUT2D eigenvalue weighted by molar-refractivity contribution is 6.33. The summed E-state index contributed by atoms with van der Waals surface area (Å²) in [6.07, 6.45) is 11.6. The third-order valence-corrected chi connectivity index (χ3v) is 6.71. The van der Waals surface area contributed by atoms with Crippen LogP contribution in [0, 0.1) is 0 Å². The molecule has 0 spiro atoms. The number of benzene rings is 1. The number of hydrogen-bond acceptors (Lipinski definition) is 4. The van der Waals surface area contributed by atoms with E-state index in [1.54, 1.807) is 0 Å². The fraction of sp³-hybridized carbons (Fsp3) is 0.400. The molecule has 1 aliphatic carbocycles. The molecule has 4 nitrogen and oxygen atoms in total. The number of aromatic nitrogens is 3. The molecule has 1 aromatic carbocycles. The second-order valence-corrected chi connectivity index (χ2v) is 8.93. The first-order valence-corrected chi connectivity index (χ1v) is 11.4. The molecule has 0 amide bonds. The molecule has 0 radical (unpaired) electrons. The van der Waals surface area contributed by atoms with E-state index in [-0.39, 0.29) is 0 Å². The van der Waals surface area contributed by atoms with Gasteiger partial charge in [-0.25, -0.2) is 9.97 Å². The lowest BCUT2D eigenvalue weighted by atomic mass is 9.88. The average Bonchev–Trinajstić information content (AvgIpc) is 2.80. The Kier molecular flexibility index (Phi) is 5.78. The minimum atomic E-state index is 0.574. The zero-order chi connectivity index (χ0) is 20.3. The van der Waals surface area contributed by atoms with Crippen molar-refractivity contribution in [3.8, 4) is 11.3 Å². The molecular formula is C25H27ClN4. The van der Waals surface area contributed by atoms with Crippen LogP contribution in [0.25, 0.3) is 11.3 Å². The van der Waals surface area contributed by atoms with Crippen molar-refractivity contribution in [2.75, 3.05) is 6.54 Å². The Balaban J connectivity index is 1.25. The van der Waals surface area contributed by atoms with Crippen LogP contribution >= 0.6 is 11.6 Å². The maximum Gasteiger partial charge on any atom is 0.131 e. The van der Waals surface area contributed by atoms with Gasteiger partial charge in [0.1, 0.15) is 5.82 Å². The number of halogens is 1. The molecule has 5 heteroatoms. The molecule has 0 atom stereocenters. The van der Waals surface area contributed by atoms with Gasteiger partial charge < -0.3 is 0 Å². The van der Waals surface area contributed by atoms with E-state index in [4.69, 9.17) is 21.6 Å². The summed E-state index contributed by atoms with van der Waals surface area (Å²) in [5.74, 6) is 1.66. The third kappa shape index (κ3) is 4.26. The van der Waals surface area contributed by atoms with Gasteiger partial charge in [0.05, 0.1) is 5.69 Å². The van der Waals surface area contributed by atoms with E-state index in [9.17, 15) is 0 Å². The van der Waals surface area contributed by atoms with Gasteiger partial charge >= 0.3 is 0 Å². The fourth-order valence-corrected chi connectivity index (χ4v) is 4.92. The Bertz CT molecular complexity index is 1010. The predicted molar refractivity (Wildman–Crippen MR) is 120 cm³/mol. The molecule has 30 heavy (non-hydrogen) atoms. The second-order valence-electron chi connectivity index (χ2n) is 8.53. The molecule has 1 saturated carbocycles. The van der Waals surface area contributed by atoms with E-state index in [0.717, 1.165) is 48.2 Å². The molecule has 1 fully saturated rings. The molecular weight excluding hydrogens is 392 g/mol. The number of nitrogens with zero attached hydrogens (tertiary/aromatic N) is 4. The lowest BCUT2D eigenvalue weighted by Gasteiger charge is -2.29. The highest BCUT2D eigenvalue weighted by Gasteiger charge is 2.22. The number of pyridine rings is 1. The topological polar surface area (TPSA) is 41.9 Å². The van der Waals surface area contributed by atoms with E-state index < -0.39 is 0 Å². The number of rotatable bonds is 4. The van der Waals surface area contributed by atoms with Crippen molar-refractivity contribution in [2.24, 2.45) is 0 Å². The summed E-state index contributed by atoms with van der Waals surface area (Å²) in [7, 11) is 0. The van der Waals surface area contributed by atoms with Crippen LogP contribution in [0.5, 0.6) is 0 Å². The minimum Gasteiger partial charge on any atom is -0.294 e. The van der Waals surface area contributed by atoms with Crippen molar-refractivity contribution in [2.45, 2.75) is 57.5 Å². The SMILES string of the molecule is Clc1ccccc1-c1ccc(CN2CCc3nc(C4CCCCC4)ncc3C2)cn1. The van der Waals surface area contributed by atoms with Gasteiger partial charge in [-0.1, -0.05) is 55.1 Å². The van der Waals surface area contributed by atoms with E-state index in [1.165, 1.54) is 48.9 Å². The summed E-state index contributed by atoms with van der Waals surface area (Å²) in [6.45, 7) is 2.83. The summed E-state index contributed by atoms with van der Waals surface area (Å²) < 4.78 is 0. The largest absolute Gasteiger partial charge is 0.294 e. The Labute approximate surface area is 183 Å². The normalized spacial score (nSPS) is 17.6. The van der Waals surface area contributed by atoms with Crippen molar-refractivity contribution in [3.63, 3.8) is 0 Å². The van der Waals surface area contributed by atoms with Crippen molar-refractivity contribution in [1.82, 2.24) is 19.9 Å². The van der Waals surface area contributed by atoms with Gasteiger partial charge in [-0.3, -0.25) is 9.88 Å². The lowest BCUT2D eigenvalue weighted by molar-refractivity contribution is 0.242. The summed E-state index contributed by atoms with van der Waals surface area (Å²) in [6, 6.07) is 12.1. The van der Waals surface area contributed by atoms with Gasteiger partial charge in [0.15, 0.2) is 0 Å². The first kappa shape index (κ1) is 19.7. The molecule has 0 bridgehead atoms. The second kappa shape index (κ2) is 8.83. The van der Waals surface area contributed by atoms with Crippen LogP contribution < -0.4 is 0 Å².